The number of rotatable bonds is 9. The first-order chi connectivity index (χ1) is 12.0. The van der Waals surface area contributed by atoms with E-state index in [2.05, 4.69) is 18.1 Å². The lowest BCUT2D eigenvalue weighted by Crippen LogP contribution is -2.35. The van der Waals surface area contributed by atoms with Gasteiger partial charge in [-0.15, -0.1) is 6.58 Å². The number of hydrogen-bond donors (Lipinski definition) is 1. The Morgan fingerprint density at radius 2 is 1.92 bits per heavy atom. The molecule has 2 rings (SSSR count). The van der Waals surface area contributed by atoms with Crippen LogP contribution in [0.3, 0.4) is 0 Å². The number of aromatic amines is 1. The Bertz CT molecular complexity index is 823. The third-order valence-corrected chi connectivity index (χ3v) is 3.59. The third kappa shape index (κ3) is 5.14. The van der Waals surface area contributed by atoms with Crippen molar-refractivity contribution >= 4 is 0 Å². The van der Waals surface area contributed by atoms with Crippen molar-refractivity contribution in [1.82, 2.24) is 9.55 Å². The van der Waals surface area contributed by atoms with Gasteiger partial charge in [0.25, 0.3) is 5.56 Å². The lowest BCUT2D eigenvalue weighted by molar-refractivity contribution is -0.0490. The van der Waals surface area contributed by atoms with Crippen LogP contribution in [0.25, 0.3) is 0 Å². The van der Waals surface area contributed by atoms with Crippen molar-refractivity contribution in [2.24, 2.45) is 0 Å². The van der Waals surface area contributed by atoms with Gasteiger partial charge in [-0.25, -0.2) is 4.79 Å². The number of nitrogens with one attached hydrogen (secondary N) is 1. The third-order valence-electron chi connectivity index (χ3n) is 3.59. The Balaban J connectivity index is 2.02. The molecule has 0 fully saturated rings. The van der Waals surface area contributed by atoms with Crippen LogP contribution < -0.4 is 11.2 Å². The van der Waals surface area contributed by atoms with Gasteiger partial charge in [-0.1, -0.05) is 43.0 Å². The zero-order chi connectivity index (χ0) is 18.2. The Labute approximate surface area is 146 Å². The minimum absolute atomic E-state index is 0.278. The van der Waals surface area contributed by atoms with Gasteiger partial charge < -0.3 is 9.47 Å². The van der Waals surface area contributed by atoms with E-state index in [4.69, 9.17) is 9.47 Å². The van der Waals surface area contributed by atoms with E-state index in [1.807, 2.05) is 30.3 Å². The summed E-state index contributed by atoms with van der Waals surface area (Å²) in [6, 6.07) is 9.77. The molecule has 0 saturated heterocycles. The molecule has 1 aromatic heterocycles. The molecule has 1 aromatic carbocycles. The van der Waals surface area contributed by atoms with E-state index in [0.717, 1.165) is 5.56 Å². The smallest absolute Gasteiger partial charge is 0.330 e. The van der Waals surface area contributed by atoms with Crippen LogP contribution in [-0.2, 0) is 16.1 Å². The molecule has 0 spiro atoms. The minimum atomic E-state index is -0.744. The van der Waals surface area contributed by atoms with Gasteiger partial charge >= 0.3 is 5.69 Å². The zero-order valence-corrected chi connectivity index (χ0v) is 14.2. The van der Waals surface area contributed by atoms with Crippen LogP contribution in [0.2, 0.25) is 0 Å². The van der Waals surface area contributed by atoms with Gasteiger partial charge in [0.2, 0.25) is 0 Å². The second-order valence-electron chi connectivity index (χ2n) is 5.52. The van der Waals surface area contributed by atoms with Crippen LogP contribution in [0.4, 0.5) is 0 Å². The van der Waals surface area contributed by atoms with Crippen molar-refractivity contribution < 1.29 is 9.47 Å². The monoisotopic (exact) mass is 342 g/mol. The summed E-state index contributed by atoms with van der Waals surface area (Å²) in [5.74, 6) is 0. The summed E-state index contributed by atoms with van der Waals surface area (Å²) < 4.78 is 12.8. The molecule has 1 N–H and O–H groups in total. The summed E-state index contributed by atoms with van der Waals surface area (Å²) in [6.45, 7) is 9.77. The number of nitrogens with zero attached hydrogens (tertiary/aromatic N) is 1. The standard InChI is InChI=1S/C19H22N2O4/c1-4-16(13-24-12-15-9-7-6-8-10-15)25-17(5-2)21-11-14(3)18(22)20-19(21)23/h4-11,16-17H,1-2,12-13H2,3H3,(H,20,22,23)/t16-,17-/m0/s1. The predicted octanol–water partition coefficient (Wildman–Crippen LogP) is 2.32. The molecule has 0 aliphatic rings. The molecule has 6 nitrogen and oxygen atoms in total. The molecule has 0 bridgehead atoms. The van der Waals surface area contributed by atoms with E-state index in [-0.39, 0.29) is 6.61 Å². The van der Waals surface area contributed by atoms with E-state index in [9.17, 15) is 9.59 Å². The first-order valence-corrected chi connectivity index (χ1v) is 7.89. The van der Waals surface area contributed by atoms with Crippen LogP contribution >= 0.6 is 0 Å². The lowest BCUT2D eigenvalue weighted by Gasteiger charge is -2.22. The summed E-state index contributed by atoms with van der Waals surface area (Å²) in [4.78, 5) is 25.7. The first-order valence-electron chi connectivity index (χ1n) is 7.89. The second kappa shape index (κ2) is 8.96. The Morgan fingerprint density at radius 1 is 1.20 bits per heavy atom. The molecule has 0 unspecified atom stereocenters. The number of benzene rings is 1. The summed E-state index contributed by atoms with van der Waals surface area (Å²) in [7, 11) is 0. The van der Waals surface area contributed by atoms with E-state index >= 15 is 0 Å². The molecule has 0 saturated carbocycles. The fourth-order valence-electron chi connectivity index (χ4n) is 2.22. The van der Waals surface area contributed by atoms with Crippen molar-refractivity contribution in [2.75, 3.05) is 6.61 Å². The maximum Gasteiger partial charge on any atom is 0.330 e. The van der Waals surface area contributed by atoms with E-state index in [0.29, 0.717) is 12.2 Å². The van der Waals surface area contributed by atoms with Crippen molar-refractivity contribution in [2.45, 2.75) is 25.9 Å². The summed E-state index contributed by atoms with van der Waals surface area (Å²) in [5.41, 5.74) is 0.479. The molecule has 2 aromatic rings. The maximum atomic E-state index is 12.0. The molecule has 132 valence electrons. The number of aromatic nitrogens is 2. The highest BCUT2D eigenvalue weighted by molar-refractivity contribution is 5.13. The van der Waals surface area contributed by atoms with Gasteiger partial charge in [0.15, 0.2) is 6.23 Å². The lowest BCUT2D eigenvalue weighted by atomic mass is 10.2. The number of H-pyrrole nitrogens is 1. The number of aryl methyl sites for hydroxylation is 1. The van der Waals surface area contributed by atoms with Crippen LogP contribution in [0, 0.1) is 6.92 Å². The fourth-order valence-corrected chi connectivity index (χ4v) is 2.22. The SMILES string of the molecule is C=C[C@H](O[C@@H](C=C)COCc1ccccc1)n1cc(C)c(=O)[nH]c1=O. The van der Waals surface area contributed by atoms with Crippen molar-refractivity contribution in [1.29, 1.82) is 0 Å². The van der Waals surface area contributed by atoms with Crippen molar-refractivity contribution in [3.8, 4) is 0 Å². The Hall–Kier alpha value is -2.70. The maximum absolute atomic E-state index is 12.0. The molecule has 25 heavy (non-hydrogen) atoms. The van der Waals surface area contributed by atoms with E-state index in [1.54, 1.807) is 13.0 Å². The summed E-state index contributed by atoms with van der Waals surface area (Å²) >= 11 is 0. The first kappa shape index (κ1) is 18.6. The Kier molecular flexibility index (Phi) is 6.68. The van der Waals surface area contributed by atoms with Crippen LogP contribution in [0.5, 0.6) is 0 Å². The largest absolute Gasteiger partial charge is 0.374 e. The topological polar surface area (TPSA) is 73.3 Å². The van der Waals surface area contributed by atoms with Gasteiger partial charge in [-0.2, -0.15) is 0 Å². The van der Waals surface area contributed by atoms with Gasteiger partial charge in [0.05, 0.1) is 13.2 Å². The molecule has 0 aliphatic carbocycles. The molecule has 6 heteroatoms. The molecular formula is C19H22N2O4. The van der Waals surface area contributed by atoms with Gasteiger partial charge in [-0.3, -0.25) is 14.3 Å². The highest BCUT2D eigenvalue weighted by Gasteiger charge is 2.16. The highest BCUT2D eigenvalue weighted by atomic mass is 16.5. The summed E-state index contributed by atoms with van der Waals surface area (Å²) in [6.07, 6.45) is 3.34. The average Bonchev–Trinajstić information content (AvgIpc) is 2.62. The predicted molar refractivity (Wildman–Crippen MR) is 96.5 cm³/mol. The van der Waals surface area contributed by atoms with Gasteiger partial charge in [-0.05, 0) is 18.6 Å². The average molecular weight is 342 g/mol. The number of ether oxygens (including phenoxy) is 2. The molecule has 0 aliphatic heterocycles. The van der Waals surface area contributed by atoms with Crippen LogP contribution in [0.15, 0.2) is 71.4 Å². The minimum Gasteiger partial charge on any atom is -0.374 e. The highest BCUT2D eigenvalue weighted by Crippen LogP contribution is 2.12. The molecule has 1 heterocycles. The zero-order valence-electron chi connectivity index (χ0n) is 14.2. The normalized spacial score (nSPS) is 13.2. The molecule has 0 amide bonds. The molecule has 2 atom stereocenters. The van der Waals surface area contributed by atoms with Crippen LogP contribution in [-0.4, -0.2) is 22.3 Å². The molecular weight excluding hydrogens is 320 g/mol. The number of hydrogen-bond acceptors (Lipinski definition) is 4. The van der Waals surface area contributed by atoms with Crippen LogP contribution in [0.1, 0.15) is 17.4 Å². The fraction of sp³-hybridized carbons (Fsp3) is 0.263. The van der Waals surface area contributed by atoms with E-state index < -0.39 is 23.6 Å². The quantitative estimate of drug-likeness (QED) is 0.710. The molecule has 0 radical (unpaired) electrons. The summed E-state index contributed by atoms with van der Waals surface area (Å²) in [5, 5.41) is 0. The van der Waals surface area contributed by atoms with Crippen molar-refractivity contribution in [3.63, 3.8) is 0 Å². The Morgan fingerprint density at radius 3 is 2.56 bits per heavy atom. The van der Waals surface area contributed by atoms with Gasteiger partial charge in [0.1, 0.15) is 6.10 Å². The van der Waals surface area contributed by atoms with E-state index in [1.165, 1.54) is 16.8 Å². The van der Waals surface area contributed by atoms with Gasteiger partial charge in [0, 0.05) is 11.8 Å². The second-order valence-corrected chi connectivity index (χ2v) is 5.52. The van der Waals surface area contributed by atoms with Crippen molar-refractivity contribution in [3.05, 3.63) is 93.8 Å².